The summed E-state index contributed by atoms with van der Waals surface area (Å²) in [5.74, 6) is 0. The van der Waals surface area contributed by atoms with E-state index in [-0.39, 0.29) is 0 Å². The smallest absolute Gasteiger partial charge is 0.262 e. The molecule has 42 heavy (non-hydrogen) atoms. The van der Waals surface area contributed by atoms with Crippen LogP contribution >= 0.6 is 24.4 Å². The molecule has 2 aliphatic rings. The minimum Gasteiger partial charge on any atom is -0.460 e. The third kappa shape index (κ3) is 5.23. The van der Waals surface area contributed by atoms with E-state index in [0.29, 0.717) is 21.7 Å². The first-order valence-electron chi connectivity index (χ1n) is 13.3. The molecule has 212 valence electrons. The van der Waals surface area contributed by atoms with Crippen LogP contribution in [0.2, 0.25) is 0 Å². The van der Waals surface area contributed by atoms with Gasteiger partial charge in [0.25, 0.3) is 10.3 Å². The lowest BCUT2D eigenvalue weighted by molar-refractivity contribution is 0.0943. The number of rotatable bonds is 2. The number of fused-ring (bicyclic) bond motifs is 2. The van der Waals surface area contributed by atoms with E-state index in [2.05, 4.69) is 34.9 Å². The first-order valence-corrected chi connectivity index (χ1v) is 14.1. The summed E-state index contributed by atoms with van der Waals surface area (Å²) in [6.07, 6.45) is 0. The first-order chi connectivity index (χ1) is 19.8. The molecule has 0 radical (unpaired) electrons. The standard InChI is InChI=1S/2C16H15N3OS/c2*1-16(2)12-8-10(4-6-13(12)18-15(21)20-16)14-7-5-11(9-17)19(14)3/h2*4-8H,1-3H3,(H,18,21). The minimum absolute atomic E-state index is 0.394. The fraction of sp³-hybridized carbons (Fsp3) is 0.250. The largest absolute Gasteiger partial charge is 0.460 e. The van der Waals surface area contributed by atoms with Gasteiger partial charge < -0.3 is 29.2 Å². The van der Waals surface area contributed by atoms with E-state index in [1.807, 2.05) is 99.5 Å². The maximum Gasteiger partial charge on any atom is 0.262 e. The van der Waals surface area contributed by atoms with Gasteiger partial charge >= 0.3 is 0 Å². The summed E-state index contributed by atoms with van der Waals surface area (Å²) in [7, 11) is 3.78. The van der Waals surface area contributed by atoms with Crippen molar-refractivity contribution in [1.82, 2.24) is 9.13 Å². The Balaban J connectivity index is 0.000000168. The lowest BCUT2D eigenvalue weighted by Gasteiger charge is -2.34. The number of benzene rings is 2. The predicted octanol–water partition coefficient (Wildman–Crippen LogP) is 7.05. The van der Waals surface area contributed by atoms with E-state index in [0.717, 1.165) is 45.0 Å². The predicted molar refractivity (Wildman–Crippen MR) is 172 cm³/mol. The summed E-state index contributed by atoms with van der Waals surface area (Å²) >= 11 is 10.2. The molecule has 0 bridgehead atoms. The van der Waals surface area contributed by atoms with Crippen LogP contribution in [0, 0.1) is 22.7 Å². The van der Waals surface area contributed by atoms with Gasteiger partial charge in [0.05, 0.1) is 0 Å². The Kier molecular flexibility index (Phi) is 7.32. The number of aromatic nitrogens is 2. The number of hydrogen-bond donors (Lipinski definition) is 2. The van der Waals surface area contributed by atoms with Gasteiger partial charge in [-0.05, 0) is 112 Å². The summed E-state index contributed by atoms with van der Waals surface area (Å²) in [4.78, 5) is 0. The van der Waals surface area contributed by atoms with Gasteiger partial charge in [-0.1, -0.05) is 12.1 Å². The monoisotopic (exact) mass is 594 g/mol. The molecule has 0 fully saturated rings. The highest BCUT2D eigenvalue weighted by Crippen LogP contribution is 2.39. The van der Waals surface area contributed by atoms with Gasteiger partial charge in [-0.25, -0.2) is 0 Å². The van der Waals surface area contributed by atoms with Crippen LogP contribution in [0.4, 0.5) is 11.4 Å². The summed E-state index contributed by atoms with van der Waals surface area (Å²) < 4.78 is 15.2. The van der Waals surface area contributed by atoms with Crippen molar-refractivity contribution in [3.05, 3.63) is 83.2 Å². The molecule has 2 aromatic heterocycles. The zero-order valence-corrected chi connectivity index (χ0v) is 25.8. The van der Waals surface area contributed by atoms with Gasteiger partial charge in [0.1, 0.15) is 34.7 Å². The molecular formula is C32H30N6O2S2. The molecule has 0 atom stereocenters. The summed E-state index contributed by atoms with van der Waals surface area (Å²) in [5.41, 5.74) is 8.44. The summed E-state index contributed by atoms with van der Waals surface area (Å²) in [6, 6.07) is 24.1. The fourth-order valence-electron chi connectivity index (χ4n) is 5.29. The quantitative estimate of drug-likeness (QED) is 0.238. The molecule has 0 saturated heterocycles. The van der Waals surface area contributed by atoms with Crippen molar-refractivity contribution in [2.24, 2.45) is 14.1 Å². The number of thiocarbonyl (C=S) groups is 2. The van der Waals surface area contributed by atoms with Crippen LogP contribution in [0.25, 0.3) is 22.5 Å². The van der Waals surface area contributed by atoms with Crippen molar-refractivity contribution in [3.8, 4) is 34.7 Å². The number of nitriles is 2. The minimum atomic E-state index is -0.475. The van der Waals surface area contributed by atoms with Crippen LogP contribution in [-0.2, 0) is 34.8 Å². The van der Waals surface area contributed by atoms with Crippen molar-refractivity contribution in [3.63, 3.8) is 0 Å². The molecular weight excluding hydrogens is 565 g/mol. The summed E-state index contributed by atoms with van der Waals surface area (Å²) in [5, 5.41) is 25.1. The van der Waals surface area contributed by atoms with E-state index in [1.165, 1.54) is 0 Å². The van der Waals surface area contributed by atoms with Gasteiger partial charge in [-0.15, -0.1) is 0 Å². The SMILES string of the molecule is Cn1c(C#N)ccc1-c1ccc2c(c1)C(C)(C)OC(=S)N2.Cn1c(C#N)ccc1-c1ccc2c(c1)C(C)(C)OC(=S)N2. The Morgan fingerprint density at radius 2 is 1.02 bits per heavy atom. The van der Waals surface area contributed by atoms with E-state index in [4.69, 9.17) is 44.4 Å². The number of anilines is 2. The molecule has 0 spiro atoms. The van der Waals surface area contributed by atoms with Crippen LogP contribution in [-0.4, -0.2) is 19.5 Å². The van der Waals surface area contributed by atoms with E-state index >= 15 is 0 Å². The Morgan fingerprint density at radius 3 is 1.36 bits per heavy atom. The second-order valence-electron chi connectivity index (χ2n) is 11.1. The highest BCUT2D eigenvalue weighted by atomic mass is 32.1. The molecule has 4 heterocycles. The number of nitrogens with one attached hydrogen (secondary N) is 2. The van der Waals surface area contributed by atoms with Gasteiger partial charge in [-0.2, -0.15) is 10.5 Å². The molecule has 2 N–H and O–H groups in total. The van der Waals surface area contributed by atoms with Crippen molar-refractivity contribution >= 4 is 46.2 Å². The maximum atomic E-state index is 9.07. The lowest BCUT2D eigenvalue weighted by Crippen LogP contribution is -2.34. The van der Waals surface area contributed by atoms with Crippen molar-refractivity contribution in [2.75, 3.05) is 10.6 Å². The third-order valence-corrected chi connectivity index (χ3v) is 7.94. The molecule has 0 amide bonds. The molecule has 4 aromatic rings. The molecule has 6 rings (SSSR count). The van der Waals surface area contributed by atoms with Gasteiger partial charge in [-0.3, -0.25) is 0 Å². The van der Waals surface area contributed by atoms with Gasteiger partial charge in [0.15, 0.2) is 0 Å². The first kappa shape index (κ1) is 28.9. The molecule has 0 unspecified atom stereocenters. The number of hydrogen-bond acceptors (Lipinski definition) is 6. The number of nitrogens with zero attached hydrogens (tertiary/aromatic N) is 4. The zero-order valence-electron chi connectivity index (χ0n) is 24.2. The van der Waals surface area contributed by atoms with Crippen LogP contribution < -0.4 is 10.6 Å². The van der Waals surface area contributed by atoms with E-state index in [9.17, 15) is 0 Å². The number of ether oxygens (including phenoxy) is 2. The highest BCUT2D eigenvalue weighted by molar-refractivity contribution is 7.80. The summed E-state index contributed by atoms with van der Waals surface area (Å²) in [6.45, 7) is 7.98. The van der Waals surface area contributed by atoms with Gasteiger partial charge in [0, 0.05) is 48.0 Å². The molecule has 2 aromatic carbocycles. The Morgan fingerprint density at radius 1 is 0.643 bits per heavy atom. The Hall–Kier alpha value is -4.64. The second-order valence-corrected chi connectivity index (χ2v) is 11.9. The fourth-order valence-corrected chi connectivity index (χ4v) is 5.93. The van der Waals surface area contributed by atoms with Crippen molar-refractivity contribution < 1.29 is 9.47 Å². The van der Waals surface area contributed by atoms with Crippen molar-refractivity contribution in [2.45, 2.75) is 38.9 Å². The zero-order chi connectivity index (χ0) is 30.4. The second kappa shape index (κ2) is 10.6. The topological polar surface area (TPSA) is 100.0 Å². The van der Waals surface area contributed by atoms with Crippen LogP contribution in [0.1, 0.15) is 50.2 Å². The third-order valence-electron chi connectivity index (χ3n) is 7.57. The van der Waals surface area contributed by atoms with Crippen LogP contribution in [0.3, 0.4) is 0 Å². The van der Waals surface area contributed by atoms with Crippen LogP contribution in [0.5, 0.6) is 0 Å². The van der Waals surface area contributed by atoms with E-state index in [1.54, 1.807) is 0 Å². The molecule has 10 heteroatoms. The van der Waals surface area contributed by atoms with E-state index < -0.39 is 11.2 Å². The highest BCUT2D eigenvalue weighted by Gasteiger charge is 2.33. The molecule has 8 nitrogen and oxygen atoms in total. The van der Waals surface area contributed by atoms with Gasteiger partial charge in [0.2, 0.25) is 0 Å². The Labute approximate surface area is 256 Å². The average Bonchev–Trinajstić information content (AvgIpc) is 3.49. The molecule has 2 aliphatic heterocycles. The molecule has 0 saturated carbocycles. The average molecular weight is 595 g/mol. The Bertz CT molecular complexity index is 1700. The van der Waals surface area contributed by atoms with Crippen LogP contribution in [0.15, 0.2) is 60.7 Å². The lowest BCUT2D eigenvalue weighted by atomic mass is 9.92. The normalized spacial score (nSPS) is 15.6. The van der Waals surface area contributed by atoms with Crippen molar-refractivity contribution in [1.29, 1.82) is 10.5 Å². The maximum absolute atomic E-state index is 9.07. The molecule has 0 aliphatic carbocycles.